The molecule has 0 amide bonds. The fourth-order valence-electron chi connectivity index (χ4n) is 8.67. The molecule has 0 heterocycles. The zero-order valence-electron chi connectivity index (χ0n) is 19.3. The molecule has 1 N–H and O–H groups in total. The van der Waals surface area contributed by atoms with E-state index in [9.17, 15) is 5.11 Å². The second kappa shape index (κ2) is 7.75. The van der Waals surface area contributed by atoms with Gasteiger partial charge in [-0.25, -0.2) is 0 Å². The van der Waals surface area contributed by atoms with Crippen LogP contribution in [0, 0.1) is 46.3 Å². The molecule has 0 aromatic rings. The molecule has 1 heteroatoms. The summed E-state index contributed by atoms with van der Waals surface area (Å²) in [5.74, 6) is 5.46. The second-order valence-corrected chi connectivity index (χ2v) is 12.2. The van der Waals surface area contributed by atoms with Gasteiger partial charge < -0.3 is 5.11 Å². The van der Waals surface area contributed by atoms with Crippen molar-refractivity contribution in [3.63, 3.8) is 0 Å². The minimum atomic E-state index is -0.0766. The molecular formula is C27H46O. The molecule has 3 fully saturated rings. The van der Waals surface area contributed by atoms with Crippen LogP contribution in [0.5, 0.6) is 0 Å². The third-order valence-electron chi connectivity index (χ3n) is 10.3. The van der Waals surface area contributed by atoms with Gasteiger partial charge in [0.2, 0.25) is 0 Å². The molecule has 0 bridgehead atoms. The Morgan fingerprint density at radius 3 is 2.54 bits per heavy atom. The van der Waals surface area contributed by atoms with Gasteiger partial charge >= 0.3 is 0 Å². The van der Waals surface area contributed by atoms with Crippen LogP contribution in [0.3, 0.4) is 0 Å². The molecule has 0 spiro atoms. The van der Waals surface area contributed by atoms with Crippen molar-refractivity contribution in [2.24, 2.45) is 46.3 Å². The van der Waals surface area contributed by atoms with Crippen LogP contribution < -0.4 is 0 Å². The zero-order chi connectivity index (χ0) is 20.1. The van der Waals surface area contributed by atoms with Crippen LogP contribution in [0.15, 0.2) is 11.6 Å². The van der Waals surface area contributed by atoms with Gasteiger partial charge in [-0.15, -0.1) is 0 Å². The molecule has 1 nitrogen and oxygen atoms in total. The van der Waals surface area contributed by atoms with E-state index in [2.05, 4.69) is 40.7 Å². The molecule has 3 unspecified atom stereocenters. The summed E-state index contributed by atoms with van der Waals surface area (Å²) in [6.07, 6.45) is 17.2. The van der Waals surface area contributed by atoms with Crippen molar-refractivity contribution in [1.82, 2.24) is 0 Å². The third kappa shape index (κ3) is 3.42. The average Bonchev–Trinajstić information content (AvgIpc) is 2.99. The third-order valence-corrected chi connectivity index (χ3v) is 10.3. The van der Waals surface area contributed by atoms with Crippen molar-refractivity contribution >= 4 is 0 Å². The van der Waals surface area contributed by atoms with Gasteiger partial charge in [-0.1, -0.05) is 65.5 Å². The van der Waals surface area contributed by atoms with Crippen LogP contribution in [0.4, 0.5) is 0 Å². The van der Waals surface area contributed by atoms with E-state index < -0.39 is 0 Å². The topological polar surface area (TPSA) is 20.2 Å². The number of aliphatic hydroxyl groups is 1. The Bertz CT molecular complexity index is 591. The van der Waals surface area contributed by atoms with E-state index in [1.165, 1.54) is 57.8 Å². The van der Waals surface area contributed by atoms with Crippen LogP contribution in [-0.4, -0.2) is 11.2 Å². The molecule has 0 saturated heterocycles. The maximum absolute atomic E-state index is 10.2. The Morgan fingerprint density at radius 1 is 1.00 bits per heavy atom. The quantitative estimate of drug-likeness (QED) is 0.488. The van der Waals surface area contributed by atoms with Crippen molar-refractivity contribution in [3.05, 3.63) is 11.6 Å². The summed E-state index contributed by atoms with van der Waals surface area (Å²) < 4.78 is 0. The van der Waals surface area contributed by atoms with Crippen LogP contribution in [0.2, 0.25) is 0 Å². The summed E-state index contributed by atoms with van der Waals surface area (Å²) >= 11 is 0. The Labute approximate surface area is 174 Å². The second-order valence-electron chi connectivity index (χ2n) is 12.2. The average molecular weight is 387 g/mol. The highest BCUT2D eigenvalue weighted by molar-refractivity contribution is 5.25. The molecule has 0 radical (unpaired) electrons. The monoisotopic (exact) mass is 386 g/mol. The first-order chi connectivity index (χ1) is 13.3. The summed E-state index contributed by atoms with van der Waals surface area (Å²) in [5, 5.41) is 10.2. The van der Waals surface area contributed by atoms with E-state index in [0.717, 1.165) is 48.3 Å². The lowest BCUT2D eigenvalue weighted by Crippen LogP contribution is -2.50. The van der Waals surface area contributed by atoms with Gasteiger partial charge in [-0.3, -0.25) is 0 Å². The normalized spacial score (nSPS) is 46.5. The fraction of sp³-hybridized carbons (Fsp3) is 0.926. The van der Waals surface area contributed by atoms with E-state index in [4.69, 9.17) is 0 Å². The highest BCUT2D eigenvalue weighted by atomic mass is 16.3. The van der Waals surface area contributed by atoms with Crippen molar-refractivity contribution in [2.45, 2.75) is 111 Å². The lowest BCUT2D eigenvalue weighted by Gasteiger charge is -2.58. The molecule has 0 aromatic carbocycles. The zero-order valence-corrected chi connectivity index (χ0v) is 19.3. The summed E-state index contributed by atoms with van der Waals surface area (Å²) in [5.41, 5.74) is 2.60. The SMILES string of the molecule is CC(C)CCC[C@@H](C)C1CC[C@H]2C3CC=C4C[C@@H](O)CC[C@]4(C)C3CC[C@]12C. The van der Waals surface area contributed by atoms with E-state index in [0.29, 0.717) is 10.8 Å². The standard InChI is InChI=1S/C27H46O/c1-18(2)7-6-8-19(3)23-11-12-24-22-10-9-20-17-21(28)13-15-26(20,4)25(22)14-16-27(23,24)5/h9,18-19,21-25,28H,6-8,10-17H2,1-5H3/t19-,21+,22?,23?,24+,25?,26+,27-/m1/s1. The van der Waals surface area contributed by atoms with Gasteiger partial charge in [0.1, 0.15) is 0 Å². The molecule has 160 valence electrons. The Kier molecular flexibility index (Phi) is 5.80. The van der Waals surface area contributed by atoms with Gasteiger partial charge in [0.15, 0.2) is 0 Å². The first-order valence-electron chi connectivity index (χ1n) is 12.6. The van der Waals surface area contributed by atoms with E-state index >= 15 is 0 Å². The van der Waals surface area contributed by atoms with Crippen molar-refractivity contribution in [1.29, 1.82) is 0 Å². The first kappa shape index (κ1) is 21.0. The number of aliphatic hydroxyl groups excluding tert-OH is 1. The lowest BCUT2D eigenvalue weighted by molar-refractivity contribution is -0.0573. The maximum Gasteiger partial charge on any atom is 0.0577 e. The van der Waals surface area contributed by atoms with E-state index in [1.54, 1.807) is 5.57 Å². The minimum absolute atomic E-state index is 0.0766. The van der Waals surface area contributed by atoms with Crippen LogP contribution >= 0.6 is 0 Å². The van der Waals surface area contributed by atoms with Gasteiger partial charge in [-0.2, -0.15) is 0 Å². The predicted octanol–water partition coefficient (Wildman–Crippen LogP) is 7.39. The van der Waals surface area contributed by atoms with Gasteiger partial charge in [0.25, 0.3) is 0 Å². The highest BCUT2D eigenvalue weighted by Crippen LogP contribution is 2.67. The fourth-order valence-corrected chi connectivity index (χ4v) is 8.67. The summed E-state index contributed by atoms with van der Waals surface area (Å²) in [4.78, 5) is 0. The molecule has 4 aliphatic rings. The molecule has 28 heavy (non-hydrogen) atoms. The molecule has 4 rings (SSSR count). The molecule has 0 aliphatic heterocycles. The number of hydrogen-bond donors (Lipinski definition) is 1. The van der Waals surface area contributed by atoms with Gasteiger partial charge in [-0.05, 0) is 97.7 Å². The Balaban J connectivity index is 1.49. The van der Waals surface area contributed by atoms with Crippen molar-refractivity contribution in [2.75, 3.05) is 0 Å². The molecule has 3 saturated carbocycles. The minimum Gasteiger partial charge on any atom is -0.393 e. The smallest absolute Gasteiger partial charge is 0.0577 e. The van der Waals surface area contributed by atoms with Gasteiger partial charge in [0, 0.05) is 0 Å². The lowest BCUT2D eigenvalue weighted by atomic mass is 9.47. The van der Waals surface area contributed by atoms with Crippen molar-refractivity contribution in [3.8, 4) is 0 Å². The molecule has 4 aliphatic carbocycles. The molecule has 8 atom stereocenters. The maximum atomic E-state index is 10.2. The van der Waals surface area contributed by atoms with Crippen LogP contribution in [0.25, 0.3) is 0 Å². The van der Waals surface area contributed by atoms with Crippen LogP contribution in [-0.2, 0) is 0 Å². The van der Waals surface area contributed by atoms with E-state index in [-0.39, 0.29) is 6.10 Å². The predicted molar refractivity (Wildman–Crippen MR) is 119 cm³/mol. The van der Waals surface area contributed by atoms with Crippen molar-refractivity contribution < 1.29 is 5.11 Å². The summed E-state index contributed by atoms with van der Waals surface area (Å²) in [6, 6.07) is 0. The number of fused-ring (bicyclic) bond motifs is 5. The number of hydrogen-bond acceptors (Lipinski definition) is 1. The summed E-state index contributed by atoms with van der Waals surface area (Å²) in [7, 11) is 0. The molecule has 0 aromatic heterocycles. The van der Waals surface area contributed by atoms with E-state index in [1.807, 2.05) is 0 Å². The number of rotatable bonds is 5. The number of allylic oxidation sites excluding steroid dienone is 1. The Hall–Kier alpha value is -0.300. The van der Waals surface area contributed by atoms with Crippen LogP contribution in [0.1, 0.15) is 105 Å². The summed E-state index contributed by atoms with van der Waals surface area (Å²) in [6.45, 7) is 12.6. The molecular weight excluding hydrogens is 340 g/mol. The largest absolute Gasteiger partial charge is 0.393 e. The highest BCUT2D eigenvalue weighted by Gasteiger charge is 2.59. The first-order valence-corrected chi connectivity index (χ1v) is 12.6. The Morgan fingerprint density at radius 2 is 1.79 bits per heavy atom. The van der Waals surface area contributed by atoms with Gasteiger partial charge in [0.05, 0.1) is 6.10 Å².